The van der Waals surface area contributed by atoms with Crippen LogP contribution in [0.3, 0.4) is 0 Å². The largest absolute Gasteiger partial charge is 0.490 e. The third kappa shape index (κ3) is 7.35. The van der Waals surface area contributed by atoms with Crippen molar-refractivity contribution in [2.24, 2.45) is 10.2 Å². The number of carboxylic acids is 1. The third-order valence-electron chi connectivity index (χ3n) is 4.25. The van der Waals surface area contributed by atoms with Gasteiger partial charge in [0.05, 0.1) is 25.3 Å². The zero-order valence-electron chi connectivity index (χ0n) is 17.6. The van der Waals surface area contributed by atoms with Crippen molar-refractivity contribution in [1.82, 2.24) is 5.32 Å². The van der Waals surface area contributed by atoms with Gasteiger partial charge in [-0.15, -0.1) is 5.10 Å². The lowest BCUT2D eigenvalue weighted by molar-refractivity contribution is -0.138. The summed E-state index contributed by atoms with van der Waals surface area (Å²) in [5.41, 5.74) is 1.17. The van der Waals surface area contributed by atoms with Crippen LogP contribution in [0, 0.1) is 0 Å². The Morgan fingerprint density at radius 1 is 1.12 bits per heavy atom. The minimum Gasteiger partial charge on any atom is -0.490 e. The summed E-state index contributed by atoms with van der Waals surface area (Å²) >= 11 is 1.04. The van der Waals surface area contributed by atoms with Gasteiger partial charge < -0.3 is 24.6 Å². The number of methoxy groups -OCH3 is 1. The number of benzene rings is 2. The molecule has 33 heavy (non-hydrogen) atoms. The Morgan fingerprint density at radius 2 is 1.85 bits per heavy atom. The van der Waals surface area contributed by atoms with Crippen LogP contribution in [0.5, 0.6) is 11.5 Å². The van der Waals surface area contributed by atoms with E-state index in [1.807, 2.05) is 0 Å². The van der Waals surface area contributed by atoms with Crippen LogP contribution in [0.25, 0.3) is 0 Å². The second-order valence-electron chi connectivity index (χ2n) is 6.63. The first-order valence-electron chi connectivity index (χ1n) is 9.79. The van der Waals surface area contributed by atoms with Crippen molar-refractivity contribution < 1.29 is 33.7 Å². The normalized spacial score (nSPS) is 16.6. The number of aliphatic carboxylic acids is 1. The first-order chi connectivity index (χ1) is 15.9. The number of hydrogen-bond donors (Lipinski definition) is 2. The fourth-order valence-electron chi connectivity index (χ4n) is 2.69. The van der Waals surface area contributed by atoms with Crippen molar-refractivity contribution >= 4 is 41.0 Å². The van der Waals surface area contributed by atoms with Gasteiger partial charge in [0.25, 0.3) is 0 Å². The van der Waals surface area contributed by atoms with E-state index in [-0.39, 0.29) is 18.2 Å². The smallest absolute Gasteiger partial charge is 0.337 e. The maximum atomic E-state index is 11.7. The Balaban J connectivity index is 1.43. The summed E-state index contributed by atoms with van der Waals surface area (Å²) in [5.74, 6) is -0.686. The predicted molar refractivity (Wildman–Crippen MR) is 122 cm³/mol. The molecule has 1 amide bonds. The number of nitrogens with zero attached hydrogens (tertiary/aromatic N) is 2. The lowest BCUT2D eigenvalue weighted by Crippen LogP contribution is -2.26. The van der Waals surface area contributed by atoms with Gasteiger partial charge >= 0.3 is 11.9 Å². The molecule has 2 aromatic rings. The van der Waals surface area contributed by atoms with E-state index in [1.54, 1.807) is 48.5 Å². The summed E-state index contributed by atoms with van der Waals surface area (Å²) in [7, 11) is 1.32. The summed E-state index contributed by atoms with van der Waals surface area (Å²) < 4.78 is 15.9. The molecule has 0 bridgehead atoms. The Morgan fingerprint density at radius 3 is 2.55 bits per heavy atom. The topological polar surface area (TPSA) is 136 Å². The van der Waals surface area contributed by atoms with E-state index >= 15 is 0 Å². The molecule has 1 saturated heterocycles. The number of carboxylic acid groups (broad SMARTS) is 1. The van der Waals surface area contributed by atoms with Gasteiger partial charge in [-0.1, -0.05) is 17.8 Å². The van der Waals surface area contributed by atoms with Crippen LogP contribution < -0.4 is 14.8 Å². The molecule has 0 saturated carbocycles. The number of amidine groups is 1. The highest BCUT2D eigenvalue weighted by Crippen LogP contribution is 2.22. The molecule has 1 atom stereocenters. The van der Waals surface area contributed by atoms with Crippen LogP contribution in [-0.2, 0) is 14.3 Å². The molecule has 3 rings (SSSR count). The highest BCUT2D eigenvalue weighted by Gasteiger charge is 2.32. The second kappa shape index (κ2) is 11.7. The van der Waals surface area contributed by atoms with E-state index in [4.69, 9.17) is 14.6 Å². The maximum Gasteiger partial charge on any atom is 0.337 e. The summed E-state index contributed by atoms with van der Waals surface area (Å²) in [6.45, 7) is 0.593. The molecule has 1 unspecified atom stereocenters. The Bertz CT molecular complexity index is 1070. The molecule has 0 radical (unpaired) electrons. The molecule has 1 heterocycles. The van der Waals surface area contributed by atoms with E-state index in [2.05, 4.69) is 20.3 Å². The highest BCUT2D eigenvalue weighted by molar-refractivity contribution is 8.15. The number of carbonyl (C=O) groups is 3. The number of esters is 1. The standard InChI is InChI=1S/C22H21N3O7S/c1-30-21(29)15-3-2-4-17(11-15)32-10-9-31-16-7-5-14(6-8-16)13-23-25-22-24-20(28)18(33-22)12-19(26)27/h2-8,11,13,18H,9-10,12H2,1H3,(H,26,27)(H,24,25,28). The third-order valence-corrected chi connectivity index (χ3v) is 5.32. The molecule has 1 aliphatic heterocycles. The Labute approximate surface area is 193 Å². The van der Waals surface area contributed by atoms with E-state index in [9.17, 15) is 14.4 Å². The molecule has 0 aromatic heterocycles. The summed E-state index contributed by atoms with van der Waals surface area (Å²) in [4.78, 5) is 33.9. The van der Waals surface area contributed by atoms with Gasteiger partial charge in [0, 0.05) is 0 Å². The number of carbonyl (C=O) groups excluding carboxylic acids is 2. The number of ether oxygens (including phenoxy) is 3. The molecule has 0 aliphatic carbocycles. The molecule has 172 valence electrons. The van der Waals surface area contributed by atoms with Crippen LogP contribution in [0.4, 0.5) is 0 Å². The van der Waals surface area contributed by atoms with Gasteiger partial charge in [-0.25, -0.2) is 4.79 Å². The second-order valence-corrected chi connectivity index (χ2v) is 7.82. The maximum absolute atomic E-state index is 11.7. The lowest BCUT2D eigenvalue weighted by atomic mass is 10.2. The average molecular weight is 471 g/mol. The van der Waals surface area contributed by atoms with E-state index in [1.165, 1.54) is 13.3 Å². The zero-order chi connectivity index (χ0) is 23.6. The average Bonchev–Trinajstić information content (AvgIpc) is 3.15. The highest BCUT2D eigenvalue weighted by atomic mass is 32.2. The number of amides is 1. The zero-order valence-corrected chi connectivity index (χ0v) is 18.4. The first kappa shape index (κ1) is 23.8. The molecular weight excluding hydrogens is 450 g/mol. The van der Waals surface area contributed by atoms with Crippen LogP contribution >= 0.6 is 11.8 Å². The number of nitrogens with one attached hydrogen (secondary N) is 1. The van der Waals surface area contributed by atoms with E-state index in [0.29, 0.717) is 23.7 Å². The quantitative estimate of drug-likeness (QED) is 0.233. The molecule has 1 fully saturated rings. The van der Waals surface area contributed by atoms with Crippen molar-refractivity contribution in [1.29, 1.82) is 0 Å². The molecule has 2 N–H and O–H groups in total. The molecular formula is C22H21N3O7S. The first-order valence-corrected chi connectivity index (χ1v) is 10.7. The minimum atomic E-state index is -1.05. The number of thioether (sulfide) groups is 1. The molecule has 2 aromatic carbocycles. The SMILES string of the molecule is COC(=O)c1cccc(OCCOc2ccc(C=NN=C3NC(=O)C(CC(=O)O)S3)cc2)c1. The number of rotatable bonds is 10. The minimum absolute atomic E-state index is 0.263. The van der Waals surface area contributed by atoms with Gasteiger partial charge in [0.1, 0.15) is 30.0 Å². The number of hydrogen-bond acceptors (Lipinski definition) is 9. The van der Waals surface area contributed by atoms with Crippen molar-refractivity contribution in [2.45, 2.75) is 11.7 Å². The monoisotopic (exact) mass is 471 g/mol. The molecule has 11 heteroatoms. The molecule has 0 spiro atoms. The molecule has 10 nitrogen and oxygen atoms in total. The molecule has 1 aliphatic rings. The van der Waals surface area contributed by atoms with Crippen LogP contribution in [0.1, 0.15) is 22.3 Å². The lowest BCUT2D eigenvalue weighted by Gasteiger charge is -2.09. The van der Waals surface area contributed by atoms with Gasteiger partial charge in [0.2, 0.25) is 5.91 Å². The van der Waals surface area contributed by atoms with Crippen molar-refractivity contribution in [3.05, 3.63) is 59.7 Å². The van der Waals surface area contributed by atoms with Gasteiger partial charge in [0.15, 0.2) is 5.17 Å². The Hall–Kier alpha value is -3.86. The van der Waals surface area contributed by atoms with Crippen LogP contribution in [0.15, 0.2) is 58.7 Å². The summed E-state index contributed by atoms with van der Waals surface area (Å²) in [6, 6.07) is 13.8. The van der Waals surface area contributed by atoms with Crippen molar-refractivity contribution in [3.63, 3.8) is 0 Å². The van der Waals surface area contributed by atoms with Gasteiger partial charge in [-0.05, 0) is 48.0 Å². The summed E-state index contributed by atoms with van der Waals surface area (Å²) in [5, 5.41) is 18.7. The Kier molecular flexibility index (Phi) is 8.42. The van der Waals surface area contributed by atoms with Crippen LogP contribution in [-0.4, -0.2) is 59.9 Å². The van der Waals surface area contributed by atoms with E-state index in [0.717, 1.165) is 17.3 Å². The van der Waals surface area contributed by atoms with Crippen LogP contribution in [0.2, 0.25) is 0 Å². The fourth-order valence-corrected chi connectivity index (χ4v) is 3.61. The fraction of sp³-hybridized carbons (Fsp3) is 0.227. The van der Waals surface area contributed by atoms with Gasteiger partial charge in [-0.3, -0.25) is 9.59 Å². The van der Waals surface area contributed by atoms with Crippen molar-refractivity contribution in [2.75, 3.05) is 20.3 Å². The van der Waals surface area contributed by atoms with Crippen molar-refractivity contribution in [3.8, 4) is 11.5 Å². The predicted octanol–water partition coefficient (Wildman–Crippen LogP) is 2.33. The van der Waals surface area contributed by atoms with E-state index < -0.39 is 23.1 Å². The summed E-state index contributed by atoms with van der Waals surface area (Å²) in [6.07, 6.45) is 1.23. The van der Waals surface area contributed by atoms with Gasteiger partial charge in [-0.2, -0.15) is 5.10 Å².